The van der Waals surface area contributed by atoms with Crippen molar-refractivity contribution in [1.82, 2.24) is 0 Å². The zero-order valence-corrected chi connectivity index (χ0v) is 10.00. The molecular formula is C13H18O4. The summed E-state index contributed by atoms with van der Waals surface area (Å²) in [7, 11) is 1.55. The van der Waals surface area contributed by atoms with Gasteiger partial charge in [0.05, 0.1) is 18.8 Å². The molecular weight excluding hydrogens is 220 g/mol. The van der Waals surface area contributed by atoms with Crippen LogP contribution in [0.2, 0.25) is 0 Å². The molecule has 4 nitrogen and oxygen atoms in total. The minimum Gasteiger partial charge on any atom is -0.508 e. The molecule has 1 aromatic carbocycles. The molecule has 0 aliphatic rings. The van der Waals surface area contributed by atoms with Gasteiger partial charge in [0.1, 0.15) is 5.75 Å². The molecule has 0 radical (unpaired) electrons. The summed E-state index contributed by atoms with van der Waals surface area (Å²) in [5.74, 6) is 0.153. The van der Waals surface area contributed by atoms with Crippen molar-refractivity contribution in [2.45, 2.75) is 25.7 Å². The SMILES string of the molecule is COCc1c(O)cccc1C=C[C@@H](O)[C@H](C)O. The van der Waals surface area contributed by atoms with Crippen LogP contribution in [-0.2, 0) is 11.3 Å². The van der Waals surface area contributed by atoms with Gasteiger partial charge in [-0.3, -0.25) is 0 Å². The van der Waals surface area contributed by atoms with Crippen LogP contribution >= 0.6 is 0 Å². The van der Waals surface area contributed by atoms with E-state index in [4.69, 9.17) is 9.84 Å². The molecule has 1 rings (SSSR count). The van der Waals surface area contributed by atoms with Crippen molar-refractivity contribution in [3.05, 3.63) is 35.4 Å². The number of rotatable bonds is 5. The highest BCUT2D eigenvalue weighted by molar-refractivity contribution is 5.57. The van der Waals surface area contributed by atoms with E-state index < -0.39 is 12.2 Å². The zero-order chi connectivity index (χ0) is 12.8. The van der Waals surface area contributed by atoms with Crippen LogP contribution in [0.1, 0.15) is 18.1 Å². The van der Waals surface area contributed by atoms with Gasteiger partial charge in [0, 0.05) is 12.7 Å². The normalized spacial score (nSPS) is 15.1. The second kappa shape index (κ2) is 6.39. The molecule has 0 amide bonds. The zero-order valence-electron chi connectivity index (χ0n) is 10.00. The molecule has 4 heteroatoms. The van der Waals surface area contributed by atoms with Crippen LogP contribution in [0.4, 0.5) is 0 Å². The number of ether oxygens (including phenoxy) is 1. The molecule has 0 saturated carbocycles. The third-order valence-corrected chi connectivity index (χ3v) is 2.44. The highest BCUT2D eigenvalue weighted by Gasteiger charge is 2.08. The van der Waals surface area contributed by atoms with Gasteiger partial charge < -0.3 is 20.1 Å². The molecule has 0 aliphatic carbocycles. The Balaban J connectivity index is 2.93. The van der Waals surface area contributed by atoms with E-state index in [0.29, 0.717) is 5.56 Å². The first-order valence-electron chi connectivity index (χ1n) is 5.40. The maximum atomic E-state index is 9.67. The number of hydrogen-bond acceptors (Lipinski definition) is 4. The maximum absolute atomic E-state index is 9.67. The predicted molar refractivity (Wildman–Crippen MR) is 65.5 cm³/mol. The molecule has 0 saturated heterocycles. The Kier molecular flexibility index (Phi) is 5.15. The van der Waals surface area contributed by atoms with Crippen molar-refractivity contribution in [3.63, 3.8) is 0 Å². The Hall–Kier alpha value is -1.36. The van der Waals surface area contributed by atoms with Gasteiger partial charge in [0.25, 0.3) is 0 Å². The summed E-state index contributed by atoms with van der Waals surface area (Å²) in [6, 6.07) is 5.10. The quantitative estimate of drug-likeness (QED) is 0.723. The molecule has 0 aliphatic heterocycles. The average Bonchev–Trinajstić information content (AvgIpc) is 2.29. The van der Waals surface area contributed by atoms with Crippen molar-refractivity contribution >= 4 is 6.08 Å². The monoisotopic (exact) mass is 238 g/mol. The summed E-state index contributed by atoms with van der Waals surface area (Å²) >= 11 is 0. The van der Waals surface area contributed by atoms with Gasteiger partial charge in [-0.2, -0.15) is 0 Å². The molecule has 17 heavy (non-hydrogen) atoms. The predicted octanol–water partition coefficient (Wildman–Crippen LogP) is 1.29. The Bertz CT molecular complexity index is 385. The highest BCUT2D eigenvalue weighted by Crippen LogP contribution is 2.23. The van der Waals surface area contributed by atoms with E-state index in [1.54, 1.807) is 31.4 Å². The number of hydrogen-bond donors (Lipinski definition) is 3. The van der Waals surface area contributed by atoms with E-state index in [0.717, 1.165) is 5.56 Å². The number of methoxy groups -OCH3 is 1. The van der Waals surface area contributed by atoms with Gasteiger partial charge in [-0.25, -0.2) is 0 Å². The topological polar surface area (TPSA) is 69.9 Å². The molecule has 0 unspecified atom stereocenters. The molecule has 0 heterocycles. The van der Waals surface area contributed by atoms with E-state index in [1.165, 1.54) is 13.0 Å². The van der Waals surface area contributed by atoms with Gasteiger partial charge in [0.15, 0.2) is 0 Å². The first-order valence-corrected chi connectivity index (χ1v) is 5.40. The molecule has 0 bridgehead atoms. The minimum absolute atomic E-state index is 0.153. The number of aliphatic hydroxyl groups is 2. The Morgan fingerprint density at radius 2 is 2.06 bits per heavy atom. The van der Waals surface area contributed by atoms with Crippen LogP contribution in [-0.4, -0.2) is 34.6 Å². The van der Waals surface area contributed by atoms with Gasteiger partial charge in [-0.05, 0) is 18.6 Å². The van der Waals surface area contributed by atoms with E-state index in [9.17, 15) is 10.2 Å². The summed E-state index contributed by atoms with van der Waals surface area (Å²) in [6.45, 7) is 1.80. The fourth-order valence-corrected chi connectivity index (χ4v) is 1.41. The summed E-state index contributed by atoms with van der Waals surface area (Å²) in [5.41, 5.74) is 1.41. The fraction of sp³-hybridized carbons (Fsp3) is 0.385. The Labute approximate surface area is 101 Å². The lowest BCUT2D eigenvalue weighted by Gasteiger charge is -2.10. The van der Waals surface area contributed by atoms with Crippen LogP contribution in [0.5, 0.6) is 5.75 Å². The van der Waals surface area contributed by atoms with Crippen molar-refractivity contribution < 1.29 is 20.1 Å². The lowest BCUT2D eigenvalue weighted by atomic mass is 10.1. The number of aliphatic hydroxyl groups excluding tert-OH is 2. The van der Waals surface area contributed by atoms with Crippen molar-refractivity contribution in [3.8, 4) is 5.75 Å². The lowest BCUT2D eigenvalue weighted by molar-refractivity contribution is 0.0624. The second-order valence-corrected chi connectivity index (χ2v) is 3.87. The molecule has 2 atom stereocenters. The van der Waals surface area contributed by atoms with Crippen molar-refractivity contribution in [2.75, 3.05) is 7.11 Å². The summed E-state index contributed by atoms with van der Waals surface area (Å²) in [4.78, 5) is 0. The van der Waals surface area contributed by atoms with Crippen molar-refractivity contribution in [2.24, 2.45) is 0 Å². The van der Waals surface area contributed by atoms with E-state index >= 15 is 0 Å². The first kappa shape index (κ1) is 13.7. The number of benzene rings is 1. The van der Waals surface area contributed by atoms with Crippen LogP contribution in [0.15, 0.2) is 24.3 Å². The van der Waals surface area contributed by atoms with Crippen molar-refractivity contribution in [1.29, 1.82) is 0 Å². The second-order valence-electron chi connectivity index (χ2n) is 3.87. The molecule has 0 fully saturated rings. The third kappa shape index (κ3) is 3.85. The molecule has 0 spiro atoms. The molecule has 0 aromatic heterocycles. The first-order chi connectivity index (χ1) is 8.06. The van der Waals surface area contributed by atoms with Gasteiger partial charge in [0.2, 0.25) is 0 Å². The highest BCUT2D eigenvalue weighted by atomic mass is 16.5. The summed E-state index contributed by atoms with van der Waals surface area (Å²) in [6.07, 6.45) is 1.39. The van der Waals surface area contributed by atoms with Crippen LogP contribution in [0, 0.1) is 0 Å². The largest absolute Gasteiger partial charge is 0.508 e. The van der Waals surface area contributed by atoms with Gasteiger partial charge in [-0.1, -0.05) is 24.3 Å². The van der Waals surface area contributed by atoms with E-state index in [1.807, 2.05) is 0 Å². The standard InChI is InChI=1S/C13H18O4/c1-9(14)12(15)7-6-10-4-3-5-13(16)11(10)8-17-2/h3-7,9,12,14-16H,8H2,1-2H3/t9-,12+/m0/s1. The average molecular weight is 238 g/mol. The molecule has 94 valence electrons. The smallest absolute Gasteiger partial charge is 0.121 e. The summed E-state index contributed by atoms with van der Waals surface area (Å²) < 4.78 is 5.00. The maximum Gasteiger partial charge on any atom is 0.121 e. The summed E-state index contributed by atoms with van der Waals surface area (Å²) in [5, 5.41) is 28.3. The Morgan fingerprint density at radius 3 is 2.65 bits per heavy atom. The third-order valence-electron chi connectivity index (χ3n) is 2.44. The number of phenols is 1. The Morgan fingerprint density at radius 1 is 1.35 bits per heavy atom. The number of phenolic OH excluding ortho intramolecular Hbond substituents is 1. The minimum atomic E-state index is -0.923. The molecule has 1 aromatic rings. The van der Waals surface area contributed by atoms with E-state index in [2.05, 4.69) is 0 Å². The van der Waals surface area contributed by atoms with Crippen LogP contribution < -0.4 is 0 Å². The van der Waals surface area contributed by atoms with Crippen LogP contribution in [0.25, 0.3) is 6.08 Å². The fourth-order valence-electron chi connectivity index (χ4n) is 1.41. The van der Waals surface area contributed by atoms with Gasteiger partial charge in [-0.15, -0.1) is 0 Å². The van der Waals surface area contributed by atoms with Crippen LogP contribution in [0.3, 0.4) is 0 Å². The lowest BCUT2D eigenvalue weighted by Crippen LogP contribution is -2.19. The molecule has 3 N–H and O–H groups in total. The van der Waals surface area contributed by atoms with E-state index in [-0.39, 0.29) is 12.4 Å². The number of aromatic hydroxyl groups is 1. The van der Waals surface area contributed by atoms with Gasteiger partial charge >= 0.3 is 0 Å².